The van der Waals surface area contributed by atoms with Crippen molar-refractivity contribution in [3.05, 3.63) is 225 Å². The molecule has 0 saturated carbocycles. The number of fused-ring (bicyclic) bond motifs is 8. The molecule has 12 rings (SSSR count). The van der Waals surface area contributed by atoms with E-state index in [1.807, 2.05) is 0 Å². The SMILES string of the molecule is c1ccc(-c2cc(-c3ccccc3)cc(-n3ccc4c3ccc3c5ccccc5n(-c5ccc(-n6c7ccccc7c7cc(-c8ccccc8)ccc76)cc5)c34)c2)cc1. The van der Waals surface area contributed by atoms with E-state index in [0.717, 1.165) is 17.1 Å². The predicted molar refractivity (Wildman–Crippen MR) is 248 cm³/mol. The lowest BCUT2D eigenvalue weighted by molar-refractivity contribution is 1.13. The second-order valence-electron chi connectivity index (χ2n) is 15.4. The molecule has 0 amide bonds. The Morgan fingerprint density at radius 2 is 0.729 bits per heavy atom. The van der Waals surface area contributed by atoms with Crippen LogP contribution in [0.3, 0.4) is 0 Å². The maximum Gasteiger partial charge on any atom is 0.0635 e. The van der Waals surface area contributed by atoms with Gasteiger partial charge in [0.25, 0.3) is 0 Å². The number of hydrogen-bond acceptors (Lipinski definition) is 0. The van der Waals surface area contributed by atoms with Crippen LogP contribution in [-0.2, 0) is 0 Å². The number of para-hydroxylation sites is 2. The topological polar surface area (TPSA) is 14.8 Å². The largest absolute Gasteiger partial charge is 0.316 e. The minimum atomic E-state index is 1.13. The molecule has 0 aliphatic heterocycles. The average molecular weight is 752 g/mol. The second kappa shape index (κ2) is 13.4. The lowest BCUT2D eigenvalue weighted by Crippen LogP contribution is -1.98. The summed E-state index contributed by atoms with van der Waals surface area (Å²) in [5, 5.41) is 6.21. The first-order chi connectivity index (χ1) is 29.3. The van der Waals surface area contributed by atoms with E-state index in [9.17, 15) is 0 Å². The van der Waals surface area contributed by atoms with Crippen molar-refractivity contribution in [2.75, 3.05) is 0 Å². The quantitative estimate of drug-likeness (QED) is 0.161. The standard InChI is InChI=1S/C56H37N3/c1-4-14-38(15-5-1)41-24-30-55-51(37-41)48-21-11-12-22-53(48)58(55)44-25-27-45(28-26-44)59-54-23-13-10-20-47(54)49-29-31-52-50(56(49)59)32-33-57(52)46-35-42(39-16-6-2-7-17-39)34-43(36-46)40-18-8-3-9-19-40/h1-37H. The van der Waals surface area contributed by atoms with E-state index in [1.54, 1.807) is 0 Å². The smallest absolute Gasteiger partial charge is 0.0635 e. The summed E-state index contributed by atoms with van der Waals surface area (Å²) >= 11 is 0. The highest BCUT2D eigenvalue weighted by atomic mass is 15.0. The van der Waals surface area contributed by atoms with Crippen LogP contribution in [0, 0.1) is 0 Å². The van der Waals surface area contributed by atoms with E-state index < -0.39 is 0 Å². The zero-order valence-electron chi connectivity index (χ0n) is 32.2. The van der Waals surface area contributed by atoms with Gasteiger partial charge in [0.2, 0.25) is 0 Å². The van der Waals surface area contributed by atoms with Crippen LogP contribution in [0.1, 0.15) is 0 Å². The van der Waals surface area contributed by atoms with Gasteiger partial charge in [-0.05, 0) is 112 Å². The van der Waals surface area contributed by atoms with Crippen LogP contribution in [0.25, 0.3) is 105 Å². The fourth-order valence-electron chi connectivity index (χ4n) is 9.33. The van der Waals surface area contributed by atoms with Gasteiger partial charge in [-0.25, -0.2) is 0 Å². The molecule has 3 heteroatoms. The third kappa shape index (κ3) is 5.36. The van der Waals surface area contributed by atoms with E-state index in [0.29, 0.717) is 0 Å². The predicted octanol–water partition coefficient (Wildman–Crippen LogP) is 14.8. The third-order valence-electron chi connectivity index (χ3n) is 12.1. The van der Waals surface area contributed by atoms with Crippen molar-refractivity contribution in [1.29, 1.82) is 0 Å². The fourth-order valence-corrected chi connectivity index (χ4v) is 9.33. The minimum Gasteiger partial charge on any atom is -0.316 e. The summed E-state index contributed by atoms with van der Waals surface area (Å²) in [7, 11) is 0. The molecule has 276 valence electrons. The molecule has 0 N–H and O–H groups in total. The van der Waals surface area contributed by atoms with Gasteiger partial charge in [0.05, 0.1) is 27.6 Å². The molecular formula is C56H37N3. The van der Waals surface area contributed by atoms with Gasteiger partial charge in [0, 0.05) is 50.2 Å². The number of benzene rings is 9. The van der Waals surface area contributed by atoms with E-state index in [2.05, 4.69) is 238 Å². The van der Waals surface area contributed by atoms with Crippen molar-refractivity contribution in [2.24, 2.45) is 0 Å². The molecule has 3 heterocycles. The molecule has 59 heavy (non-hydrogen) atoms. The summed E-state index contributed by atoms with van der Waals surface area (Å²) in [6.45, 7) is 0. The fraction of sp³-hybridized carbons (Fsp3) is 0. The number of hydrogen-bond donors (Lipinski definition) is 0. The number of nitrogens with zero attached hydrogens (tertiary/aromatic N) is 3. The molecule has 0 bridgehead atoms. The maximum absolute atomic E-state index is 2.45. The zero-order valence-corrected chi connectivity index (χ0v) is 32.2. The van der Waals surface area contributed by atoms with Crippen LogP contribution in [0.2, 0.25) is 0 Å². The van der Waals surface area contributed by atoms with Crippen molar-refractivity contribution < 1.29 is 0 Å². The van der Waals surface area contributed by atoms with Gasteiger partial charge >= 0.3 is 0 Å². The summed E-state index contributed by atoms with van der Waals surface area (Å²) in [5.41, 5.74) is 16.6. The van der Waals surface area contributed by atoms with Gasteiger partial charge in [0.15, 0.2) is 0 Å². The molecule has 9 aromatic carbocycles. The zero-order chi connectivity index (χ0) is 38.9. The molecule has 0 saturated heterocycles. The highest BCUT2D eigenvalue weighted by Crippen LogP contribution is 2.40. The maximum atomic E-state index is 2.45. The summed E-state index contributed by atoms with van der Waals surface area (Å²) in [6.07, 6.45) is 2.24. The van der Waals surface area contributed by atoms with Crippen LogP contribution in [0.15, 0.2) is 225 Å². The summed E-state index contributed by atoms with van der Waals surface area (Å²) < 4.78 is 7.21. The molecule has 3 aromatic heterocycles. The lowest BCUT2D eigenvalue weighted by Gasteiger charge is -2.14. The summed E-state index contributed by atoms with van der Waals surface area (Å²) in [5.74, 6) is 0. The Morgan fingerprint density at radius 3 is 1.36 bits per heavy atom. The Kier molecular flexibility index (Phi) is 7.54. The first kappa shape index (κ1) is 33.3. The van der Waals surface area contributed by atoms with Crippen LogP contribution in [-0.4, -0.2) is 13.7 Å². The molecular weight excluding hydrogens is 715 g/mol. The Labute approximate surface area is 341 Å². The molecule has 0 aliphatic carbocycles. The molecule has 0 radical (unpaired) electrons. The van der Waals surface area contributed by atoms with Gasteiger partial charge in [-0.15, -0.1) is 0 Å². The van der Waals surface area contributed by atoms with E-state index in [4.69, 9.17) is 0 Å². The molecule has 0 fully saturated rings. The molecule has 0 atom stereocenters. The highest BCUT2D eigenvalue weighted by Gasteiger charge is 2.19. The number of aromatic nitrogens is 3. The van der Waals surface area contributed by atoms with Crippen molar-refractivity contribution in [2.45, 2.75) is 0 Å². The molecule has 3 nitrogen and oxygen atoms in total. The van der Waals surface area contributed by atoms with Crippen molar-refractivity contribution in [3.63, 3.8) is 0 Å². The van der Waals surface area contributed by atoms with Gasteiger partial charge in [-0.1, -0.05) is 140 Å². The van der Waals surface area contributed by atoms with E-state index in [-0.39, 0.29) is 0 Å². The molecule has 0 spiro atoms. The van der Waals surface area contributed by atoms with Crippen molar-refractivity contribution in [1.82, 2.24) is 13.7 Å². The van der Waals surface area contributed by atoms with Gasteiger partial charge in [-0.2, -0.15) is 0 Å². The molecule has 12 aromatic rings. The first-order valence-electron chi connectivity index (χ1n) is 20.3. The van der Waals surface area contributed by atoms with Crippen LogP contribution in [0.5, 0.6) is 0 Å². The van der Waals surface area contributed by atoms with Crippen LogP contribution >= 0.6 is 0 Å². The Bertz CT molecular complexity index is 3460. The lowest BCUT2D eigenvalue weighted by atomic mass is 9.98. The minimum absolute atomic E-state index is 1.13. The van der Waals surface area contributed by atoms with Gasteiger partial charge < -0.3 is 13.7 Å². The van der Waals surface area contributed by atoms with Crippen LogP contribution in [0.4, 0.5) is 0 Å². The average Bonchev–Trinajstić information content (AvgIpc) is 4.00. The van der Waals surface area contributed by atoms with E-state index in [1.165, 1.54) is 87.9 Å². The highest BCUT2D eigenvalue weighted by molar-refractivity contribution is 6.18. The van der Waals surface area contributed by atoms with Crippen LogP contribution < -0.4 is 0 Å². The Hall–Kier alpha value is -7.88. The Balaban J connectivity index is 1.02. The van der Waals surface area contributed by atoms with Gasteiger partial charge in [-0.3, -0.25) is 0 Å². The van der Waals surface area contributed by atoms with Crippen molar-refractivity contribution in [3.8, 4) is 50.4 Å². The molecule has 0 unspecified atom stereocenters. The monoisotopic (exact) mass is 751 g/mol. The first-order valence-corrected chi connectivity index (χ1v) is 20.3. The third-order valence-corrected chi connectivity index (χ3v) is 12.1. The Morgan fingerprint density at radius 1 is 0.237 bits per heavy atom. The number of rotatable bonds is 6. The second-order valence-corrected chi connectivity index (χ2v) is 15.4. The summed E-state index contributed by atoms with van der Waals surface area (Å²) in [6, 6.07) is 79.4. The molecule has 0 aliphatic rings. The van der Waals surface area contributed by atoms with Gasteiger partial charge in [0.1, 0.15) is 0 Å². The normalized spacial score (nSPS) is 11.7. The summed E-state index contributed by atoms with van der Waals surface area (Å²) in [4.78, 5) is 0. The van der Waals surface area contributed by atoms with Crippen molar-refractivity contribution >= 4 is 54.5 Å². The van der Waals surface area contributed by atoms with E-state index >= 15 is 0 Å².